The second kappa shape index (κ2) is 13.6. The highest BCUT2D eigenvalue weighted by Crippen LogP contribution is 2.44. The van der Waals surface area contributed by atoms with Gasteiger partial charge in [-0.1, -0.05) is 140 Å². The van der Waals surface area contributed by atoms with Crippen molar-refractivity contribution >= 4 is 60.8 Å². The molecule has 268 valence electrons. The standard InChI is InChI=1S/C54H36N2O/c1-4-14-37(15-5-1)40-18-12-21-44(34-40)55(43-29-26-38(27-30-43)41-28-33-53-48(35-41)47-22-10-11-25-52(47)57-53)45-31-32-50-49(36-45)54-46(39-16-6-2-7-17-39)23-13-24-51(54)56(50)42-19-8-3-9-20-42/h1-36H. The molecule has 0 aliphatic heterocycles. The van der Waals surface area contributed by atoms with E-state index in [4.69, 9.17) is 4.42 Å². The molecule has 0 amide bonds. The summed E-state index contributed by atoms with van der Waals surface area (Å²) in [7, 11) is 0. The Morgan fingerprint density at radius 1 is 0.333 bits per heavy atom. The molecule has 0 radical (unpaired) electrons. The van der Waals surface area contributed by atoms with E-state index in [0.29, 0.717) is 0 Å². The quantitative estimate of drug-likeness (QED) is 0.163. The monoisotopic (exact) mass is 728 g/mol. The van der Waals surface area contributed by atoms with Crippen LogP contribution in [0.5, 0.6) is 0 Å². The minimum atomic E-state index is 0.903. The minimum Gasteiger partial charge on any atom is -0.456 e. The fourth-order valence-corrected chi connectivity index (χ4v) is 8.52. The number of anilines is 3. The van der Waals surface area contributed by atoms with Crippen molar-refractivity contribution in [2.24, 2.45) is 0 Å². The first-order valence-corrected chi connectivity index (χ1v) is 19.4. The first-order chi connectivity index (χ1) is 28.3. The highest BCUT2D eigenvalue weighted by Gasteiger charge is 2.20. The molecule has 0 saturated heterocycles. The molecule has 9 aromatic carbocycles. The number of hydrogen-bond acceptors (Lipinski definition) is 2. The molecule has 2 aromatic heterocycles. The molecule has 0 N–H and O–H groups in total. The highest BCUT2D eigenvalue weighted by molar-refractivity contribution is 6.17. The van der Waals surface area contributed by atoms with Gasteiger partial charge in [0, 0.05) is 44.3 Å². The SMILES string of the molecule is c1ccc(-c2cccc(N(c3ccc(-c4ccc5oc6ccccc6c5c4)cc3)c3ccc4c(c3)c3c(-c5ccccc5)cccc3n4-c3ccccc3)c2)cc1. The first-order valence-electron chi connectivity index (χ1n) is 19.4. The maximum atomic E-state index is 6.14. The molecule has 0 spiro atoms. The average Bonchev–Trinajstić information content (AvgIpc) is 3.83. The van der Waals surface area contributed by atoms with Crippen LogP contribution in [-0.2, 0) is 0 Å². The third kappa shape index (κ3) is 5.68. The van der Waals surface area contributed by atoms with Gasteiger partial charge in [-0.25, -0.2) is 0 Å². The zero-order valence-corrected chi connectivity index (χ0v) is 31.1. The van der Waals surface area contributed by atoms with Crippen molar-refractivity contribution in [1.29, 1.82) is 0 Å². The molecule has 3 heteroatoms. The van der Waals surface area contributed by atoms with Crippen LogP contribution >= 0.6 is 0 Å². The molecule has 11 aromatic rings. The van der Waals surface area contributed by atoms with Crippen molar-refractivity contribution in [1.82, 2.24) is 4.57 Å². The Morgan fingerprint density at radius 2 is 0.930 bits per heavy atom. The van der Waals surface area contributed by atoms with Gasteiger partial charge >= 0.3 is 0 Å². The Bertz CT molecular complexity index is 3220. The second-order valence-electron chi connectivity index (χ2n) is 14.5. The molecule has 0 saturated carbocycles. The van der Waals surface area contributed by atoms with Crippen molar-refractivity contribution in [3.63, 3.8) is 0 Å². The van der Waals surface area contributed by atoms with Crippen LogP contribution in [-0.4, -0.2) is 4.57 Å². The van der Waals surface area contributed by atoms with Gasteiger partial charge < -0.3 is 13.9 Å². The number of para-hydroxylation sites is 2. The van der Waals surface area contributed by atoms with E-state index in [2.05, 4.69) is 216 Å². The van der Waals surface area contributed by atoms with Crippen molar-refractivity contribution in [3.8, 4) is 39.1 Å². The molecule has 0 bridgehead atoms. The number of benzene rings is 9. The predicted octanol–water partition coefficient (Wildman–Crippen LogP) is 15.2. The van der Waals surface area contributed by atoms with Gasteiger partial charge in [-0.2, -0.15) is 0 Å². The molecule has 0 unspecified atom stereocenters. The molecular formula is C54H36N2O. The van der Waals surface area contributed by atoms with Crippen LogP contribution in [0, 0.1) is 0 Å². The fourth-order valence-electron chi connectivity index (χ4n) is 8.52. The Hall–Kier alpha value is -7.62. The number of aromatic nitrogens is 1. The van der Waals surface area contributed by atoms with E-state index in [-0.39, 0.29) is 0 Å². The largest absolute Gasteiger partial charge is 0.456 e. The van der Waals surface area contributed by atoms with Crippen molar-refractivity contribution in [2.75, 3.05) is 4.90 Å². The van der Waals surface area contributed by atoms with E-state index in [1.165, 1.54) is 44.1 Å². The van der Waals surface area contributed by atoms with Gasteiger partial charge in [0.05, 0.1) is 11.0 Å². The third-order valence-electron chi connectivity index (χ3n) is 11.2. The molecule has 2 heterocycles. The van der Waals surface area contributed by atoms with Crippen LogP contribution < -0.4 is 4.90 Å². The van der Waals surface area contributed by atoms with Gasteiger partial charge in [-0.05, 0) is 112 Å². The maximum Gasteiger partial charge on any atom is 0.135 e. The van der Waals surface area contributed by atoms with E-state index in [1.807, 2.05) is 12.1 Å². The number of furan rings is 1. The molecule has 57 heavy (non-hydrogen) atoms. The zero-order valence-electron chi connectivity index (χ0n) is 31.1. The van der Waals surface area contributed by atoms with Crippen LogP contribution in [0.4, 0.5) is 17.1 Å². The number of hydrogen-bond donors (Lipinski definition) is 0. The maximum absolute atomic E-state index is 6.14. The molecule has 3 nitrogen and oxygen atoms in total. The van der Waals surface area contributed by atoms with E-state index in [1.54, 1.807) is 0 Å². The number of nitrogens with zero attached hydrogens (tertiary/aromatic N) is 2. The van der Waals surface area contributed by atoms with Gasteiger partial charge in [0.25, 0.3) is 0 Å². The van der Waals surface area contributed by atoms with Gasteiger partial charge in [0.2, 0.25) is 0 Å². The topological polar surface area (TPSA) is 21.3 Å². The lowest BCUT2D eigenvalue weighted by Gasteiger charge is -2.26. The van der Waals surface area contributed by atoms with E-state index < -0.39 is 0 Å². The Labute approximate surface area is 330 Å². The smallest absolute Gasteiger partial charge is 0.135 e. The second-order valence-corrected chi connectivity index (χ2v) is 14.5. The van der Waals surface area contributed by atoms with E-state index in [0.717, 1.165) is 55.8 Å². The lowest BCUT2D eigenvalue weighted by molar-refractivity contribution is 0.669. The van der Waals surface area contributed by atoms with Crippen molar-refractivity contribution in [2.45, 2.75) is 0 Å². The fraction of sp³-hybridized carbons (Fsp3) is 0. The summed E-state index contributed by atoms with van der Waals surface area (Å²) in [5, 5.41) is 4.70. The summed E-state index contributed by atoms with van der Waals surface area (Å²) in [4.78, 5) is 2.39. The third-order valence-corrected chi connectivity index (χ3v) is 11.2. The molecular weight excluding hydrogens is 693 g/mol. The summed E-state index contributed by atoms with van der Waals surface area (Å²) in [6, 6.07) is 78.2. The molecule has 11 rings (SSSR count). The van der Waals surface area contributed by atoms with Gasteiger partial charge in [0.15, 0.2) is 0 Å². The minimum absolute atomic E-state index is 0.903. The van der Waals surface area contributed by atoms with E-state index in [9.17, 15) is 0 Å². The predicted molar refractivity (Wildman–Crippen MR) is 239 cm³/mol. The molecule has 0 atom stereocenters. The van der Waals surface area contributed by atoms with Crippen LogP contribution in [0.15, 0.2) is 223 Å². The van der Waals surface area contributed by atoms with Crippen LogP contribution in [0.1, 0.15) is 0 Å². The lowest BCUT2D eigenvalue weighted by atomic mass is 9.99. The summed E-state index contributed by atoms with van der Waals surface area (Å²) in [6.07, 6.45) is 0. The average molecular weight is 729 g/mol. The molecule has 0 fully saturated rings. The molecule has 0 aliphatic rings. The summed E-state index contributed by atoms with van der Waals surface area (Å²) < 4.78 is 8.54. The van der Waals surface area contributed by atoms with Crippen LogP contribution in [0.2, 0.25) is 0 Å². The zero-order chi connectivity index (χ0) is 37.7. The Morgan fingerprint density at radius 3 is 1.74 bits per heavy atom. The number of rotatable bonds is 7. The van der Waals surface area contributed by atoms with Crippen LogP contribution in [0.3, 0.4) is 0 Å². The van der Waals surface area contributed by atoms with Gasteiger partial charge in [0.1, 0.15) is 11.2 Å². The number of fused-ring (bicyclic) bond motifs is 6. The van der Waals surface area contributed by atoms with Crippen molar-refractivity contribution in [3.05, 3.63) is 218 Å². The van der Waals surface area contributed by atoms with Crippen molar-refractivity contribution < 1.29 is 4.42 Å². The first kappa shape index (κ1) is 32.8. The Kier molecular flexibility index (Phi) is 7.82. The summed E-state index contributed by atoms with van der Waals surface area (Å²) in [5.41, 5.74) is 15.6. The molecule has 0 aliphatic carbocycles. The van der Waals surface area contributed by atoms with Gasteiger partial charge in [-0.3, -0.25) is 0 Å². The van der Waals surface area contributed by atoms with E-state index >= 15 is 0 Å². The summed E-state index contributed by atoms with van der Waals surface area (Å²) in [6.45, 7) is 0. The normalized spacial score (nSPS) is 11.5. The summed E-state index contributed by atoms with van der Waals surface area (Å²) in [5.74, 6) is 0. The summed E-state index contributed by atoms with van der Waals surface area (Å²) >= 11 is 0. The van der Waals surface area contributed by atoms with Crippen LogP contribution in [0.25, 0.3) is 82.8 Å². The Balaban J connectivity index is 1.11. The lowest BCUT2D eigenvalue weighted by Crippen LogP contribution is -2.10. The van der Waals surface area contributed by atoms with Gasteiger partial charge in [-0.15, -0.1) is 0 Å². The highest BCUT2D eigenvalue weighted by atomic mass is 16.3.